The van der Waals surface area contributed by atoms with Gasteiger partial charge in [0.15, 0.2) is 11.5 Å². The zero-order valence-corrected chi connectivity index (χ0v) is 11.8. The van der Waals surface area contributed by atoms with Crippen LogP contribution in [0.15, 0.2) is 47.1 Å². The molecule has 1 aromatic carbocycles. The van der Waals surface area contributed by atoms with Crippen molar-refractivity contribution in [1.82, 2.24) is 14.6 Å². The SMILES string of the molecule is N#Cc1c(-c2ccco2)nc2sc(-c3cccc(F)c3)nn12. The van der Waals surface area contributed by atoms with Crippen molar-refractivity contribution in [1.29, 1.82) is 5.26 Å². The minimum atomic E-state index is -0.331. The number of nitriles is 1. The molecule has 4 rings (SSSR count). The lowest BCUT2D eigenvalue weighted by atomic mass is 10.2. The maximum absolute atomic E-state index is 13.3. The Balaban J connectivity index is 1.90. The highest BCUT2D eigenvalue weighted by Gasteiger charge is 2.20. The van der Waals surface area contributed by atoms with E-state index in [0.29, 0.717) is 32.7 Å². The van der Waals surface area contributed by atoms with E-state index < -0.39 is 0 Å². The average Bonchev–Trinajstić information content (AvgIpc) is 3.22. The van der Waals surface area contributed by atoms with Crippen molar-refractivity contribution in [2.45, 2.75) is 0 Å². The topological polar surface area (TPSA) is 67.1 Å². The first-order valence-electron chi connectivity index (χ1n) is 6.36. The molecule has 0 bridgehead atoms. The van der Waals surface area contributed by atoms with Gasteiger partial charge in [-0.2, -0.15) is 14.9 Å². The molecule has 0 amide bonds. The molecule has 4 aromatic rings. The summed E-state index contributed by atoms with van der Waals surface area (Å²) in [7, 11) is 0. The maximum Gasteiger partial charge on any atom is 0.214 e. The highest BCUT2D eigenvalue weighted by atomic mass is 32.1. The minimum absolute atomic E-state index is 0.295. The number of rotatable bonds is 2. The van der Waals surface area contributed by atoms with Gasteiger partial charge in [-0.3, -0.25) is 0 Å². The first-order valence-corrected chi connectivity index (χ1v) is 7.17. The van der Waals surface area contributed by atoms with Crippen LogP contribution in [-0.2, 0) is 0 Å². The molecule has 3 heterocycles. The number of nitrogens with zero attached hydrogens (tertiary/aromatic N) is 4. The van der Waals surface area contributed by atoms with E-state index in [1.54, 1.807) is 24.3 Å². The number of aromatic nitrogens is 3. The molecular formula is C15H7FN4OS. The summed E-state index contributed by atoms with van der Waals surface area (Å²) in [5.74, 6) is 0.184. The molecule has 0 aliphatic carbocycles. The molecule has 0 N–H and O–H groups in total. The van der Waals surface area contributed by atoms with Gasteiger partial charge in [0.25, 0.3) is 0 Å². The van der Waals surface area contributed by atoms with E-state index >= 15 is 0 Å². The number of benzene rings is 1. The summed E-state index contributed by atoms with van der Waals surface area (Å²) in [5.41, 5.74) is 1.40. The molecule has 7 heteroatoms. The Morgan fingerprint density at radius 3 is 2.91 bits per heavy atom. The van der Waals surface area contributed by atoms with Gasteiger partial charge in [-0.15, -0.1) is 0 Å². The van der Waals surface area contributed by atoms with Gasteiger partial charge in [-0.25, -0.2) is 9.37 Å². The van der Waals surface area contributed by atoms with E-state index in [1.807, 2.05) is 0 Å². The second-order valence-corrected chi connectivity index (χ2v) is 5.47. The molecule has 106 valence electrons. The van der Waals surface area contributed by atoms with Gasteiger partial charge in [-0.05, 0) is 24.3 Å². The van der Waals surface area contributed by atoms with Crippen LogP contribution in [0.25, 0.3) is 27.0 Å². The van der Waals surface area contributed by atoms with Crippen LogP contribution in [0.5, 0.6) is 0 Å². The molecule has 5 nitrogen and oxygen atoms in total. The van der Waals surface area contributed by atoms with Crippen LogP contribution in [0.2, 0.25) is 0 Å². The predicted octanol–water partition coefficient (Wildman–Crippen LogP) is 3.73. The Bertz CT molecular complexity index is 1010. The molecule has 0 unspecified atom stereocenters. The summed E-state index contributed by atoms with van der Waals surface area (Å²) in [6, 6.07) is 11.7. The molecule has 0 aliphatic rings. The quantitative estimate of drug-likeness (QED) is 0.566. The predicted molar refractivity (Wildman–Crippen MR) is 78.7 cm³/mol. The molecule has 0 radical (unpaired) electrons. The first-order chi connectivity index (χ1) is 10.8. The lowest BCUT2D eigenvalue weighted by Gasteiger charge is -1.95. The number of imidazole rings is 1. The van der Waals surface area contributed by atoms with Gasteiger partial charge in [0.05, 0.1) is 6.26 Å². The monoisotopic (exact) mass is 310 g/mol. The Hall–Kier alpha value is -2.98. The van der Waals surface area contributed by atoms with Gasteiger partial charge in [0.2, 0.25) is 4.96 Å². The van der Waals surface area contributed by atoms with Gasteiger partial charge >= 0.3 is 0 Å². The summed E-state index contributed by atoms with van der Waals surface area (Å²) >= 11 is 1.29. The van der Waals surface area contributed by atoms with Crippen molar-refractivity contribution >= 4 is 16.3 Å². The van der Waals surface area contributed by atoms with E-state index in [1.165, 1.54) is 34.2 Å². The summed E-state index contributed by atoms with van der Waals surface area (Å²) in [4.78, 5) is 4.96. The number of halogens is 1. The van der Waals surface area contributed by atoms with Gasteiger partial charge in [0.1, 0.15) is 22.6 Å². The zero-order valence-electron chi connectivity index (χ0n) is 11.0. The van der Waals surface area contributed by atoms with E-state index in [-0.39, 0.29) is 5.82 Å². The third kappa shape index (κ3) is 1.89. The second-order valence-electron chi connectivity index (χ2n) is 4.51. The molecule has 0 fully saturated rings. The van der Waals surface area contributed by atoms with Crippen LogP contribution < -0.4 is 0 Å². The van der Waals surface area contributed by atoms with Crippen molar-refractivity contribution in [3.8, 4) is 28.1 Å². The summed E-state index contributed by atoms with van der Waals surface area (Å²) in [6.45, 7) is 0. The molecule has 3 aromatic heterocycles. The third-order valence-electron chi connectivity index (χ3n) is 3.14. The van der Waals surface area contributed by atoms with Gasteiger partial charge < -0.3 is 4.42 Å². The van der Waals surface area contributed by atoms with E-state index in [2.05, 4.69) is 16.2 Å². The molecule has 0 atom stereocenters. The van der Waals surface area contributed by atoms with Crippen LogP contribution in [0.3, 0.4) is 0 Å². The molecular weight excluding hydrogens is 303 g/mol. The number of fused-ring (bicyclic) bond motifs is 1. The van der Waals surface area contributed by atoms with Crippen LogP contribution >= 0.6 is 11.3 Å². The Kier molecular flexibility index (Phi) is 2.77. The van der Waals surface area contributed by atoms with Crippen molar-refractivity contribution in [3.63, 3.8) is 0 Å². The fourth-order valence-electron chi connectivity index (χ4n) is 2.17. The highest BCUT2D eigenvalue weighted by molar-refractivity contribution is 7.19. The highest BCUT2D eigenvalue weighted by Crippen LogP contribution is 2.31. The van der Waals surface area contributed by atoms with Crippen LogP contribution in [0, 0.1) is 17.1 Å². The zero-order chi connectivity index (χ0) is 15.1. The lowest BCUT2D eigenvalue weighted by molar-refractivity contribution is 0.580. The third-order valence-corrected chi connectivity index (χ3v) is 4.09. The normalized spacial score (nSPS) is 10.9. The molecule has 0 saturated heterocycles. The second kappa shape index (κ2) is 4.79. The number of furan rings is 1. The molecule has 22 heavy (non-hydrogen) atoms. The van der Waals surface area contributed by atoms with Crippen molar-refractivity contribution < 1.29 is 8.81 Å². The Morgan fingerprint density at radius 2 is 2.18 bits per heavy atom. The van der Waals surface area contributed by atoms with Crippen LogP contribution in [0.4, 0.5) is 4.39 Å². The van der Waals surface area contributed by atoms with Gasteiger partial charge in [0, 0.05) is 5.56 Å². The fourth-order valence-corrected chi connectivity index (χ4v) is 3.07. The van der Waals surface area contributed by atoms with E-state index in [4.69, 9.17) is 4.42 Å². The largest absolute Gasteiger partial charge is 0.463 e. The molecule has 0 aliphatic heterocycles. The molecule has 0 saturated carbocycles. The van der Waals surface area contributed by atoms with Crippen molar-refractivity contribution in [2.24, 2.45) is 0 Å². The lowest BCUT2D eigenvalue weighted by Crippen LogP contribution is -1.90. The maximum atomic E-state index is 13.3. The standard InChI is InChI=1S/C15H7FN4OS/c16-10-4-1-3-9(7-10)14-19-20-11(8-17)13(18-15(20)22-14)12-5-2-6-21-12/h1-7H. The number of hydrogen-bond acceptors (Lipinski definition) is 5. The minimum Gasteiger partial charge on any atom is -0.463 e. The number of hydrogen-bond donors (Lipinski definition) is 0. The van der Waals surface area contributed by atoms with Crippen LogP contribution in [-0.4, -0.2) is 14.6 Å². The Morgan fingerprint density at radius 1 is 1.27 bits per heavy atom. The fraction of sp³-hybridized carbons (Fsp3) is 0. The van der Waals surface area contributed by atoms with Gasteiger partial charge in [-0.1, -0.05) is 23.5 Å². The van der Waals surface area contributed by atoms with Crippen molar-refractivity contribution in [3.05, 3.63) is 54.2 Å². The van der Waals surface area contributed by atoms with E-state index in [9.17, 15) is 9.65 Å². The summed E-state index contributed by atoms with van der Waals surface area (Å²) in [5, 5.41) is 14.3. The van der Waals surface area contributed by atoms with Crippen molar-refractivity contribution in [2.75, 3.05) is 0 Å². The average molecular weight is 310 g/mol. The first kappa shape index (κ1) is 12.7. The smallest absolute Gasteiger partial charge is 0.214 e. The van der Waals surface area contributed by atoms with Crippen LogP contribution in [0.1, 0.15) is 5.69 Å². The van der Waals surface area contributed by atoms with E-state index in [0.717, 1.165) is 0 Å². The molecule has 0 spiro atoms. The Labute approximate surface area is 127 Å². The summed E-state index contributed by atoms with van der Waals surface area (Å²) in [6.07, 6.45) is 1.52. The summed E-state index contributed by atoms with van der Waals surface area (Å²) < 4.78 is 20.1.